The molecule has 13 nitrogen and oxygen atoms in total. The Labute approximate surface area is 923 Å². The Morgan fingerprint density at radius 1 is 0.288 bits per heavy atom. The molecule has 0 saturated heterocycles. The minimum atomic E-state index is -0.671. The summed E-state index contributed by atoms with van der Waals surface area (Å²) in [5, 5.41) is 4.95. The summed E-state index contributed by atoms with van der Waals surface area (Å²) < 4.78 is 47.6. The first-order chi connectivity index (χ1) is 68.2. The topological polar surface area (TPSA) is 108 Å². The molecule has 0 aliphatic carbocycles. The van der Waals surface area contributed by atoms with Gasteiger partial charge in [-0.05, 0) is 246 Å². The maximum atomic E-state index is 14.1. The molecular formula is C126H113F2Ir5N12O-5. The van der Waals surface area contributed by atoms with Gasteiger partial charge in [-0.25, -0.2) is 0 Å². The van der Waals surface area contributed by atoms with E-state index in [1.807, 2.05) is 111 Å². The van der Waals surface area contributed by atoms with E-state index in [4.69, 9.17) is 14.7 Å². The van der Waals surface area contributed by atoms with Gasteiger partial charge in [0.1, 0.15) is 0 Å². The molecule has 0 aliphatic heterocycles. The van der Waals surface area contributed by atoms with Crippen LogP contribution in [0.2, 0.25) is 0 Å². The third-order valence-electron chi connectivity index (χ3n) is 26.1. The van der Waals surface area contributed by atoms with E-state index in [1.165, 1.54) is 144 Å². The van der Waals surface area contributed by atoms with Crippen molar-refractivity contribution in [2.24, 2.45) is 0 Å². The fourth-order valence-electron chi connectivity index (χ4n) is 20.4. The van der Waals surface area contributed by atoms with Gasteiger partial charge in [0.25, 0.3) is 0 Å². The fraction of sp³-hybridized carbons (Fsp3) is 0.167. The summed E-state index contributed by atoms with van der Waals surface area (Å²) in [6.45, 7) is 38.9. The second-order valence-corrected chi connectivity index (χ2v) is 37.3. The monoisotopic (exact) mass is 2810 g/mol. The number of methoxy groups -OCH3 is 1. The fourth-order valence-corrected chi connectivity index (χ4v) is 20.4. The molecule has 0 unspecified atom stereocenters. The molecule has 0 aliphatic rings. The van der Waals surface area contributed by atoms with Gasteiger partial charge in [-0.3, -0.25) is 33.7 Å². The molecule has 22 rings (SSSR count). The van der Waals surface area contributed by atoms with Crippen LogP contribution in [0.15, 0.2) is 329 Å². The summed E-state index contributed by atoms with van der Waals surface area (Å²) in [4.78, 5) is 22.9. The molecule has 0 spiro atoms. The minimum Gasteiger partial charge on any atom is -0.540 e. The Bertz CT molecular complexity index is 8190. The van der Waals surface area contributed by atoms with Gasteiger partial charge in [0, 0.05) is 230 Å². The largest absolute Gasteiger partial charge is 0.540 e. The van der Waals surface area contributed by atoms with Crippen molar-refractivity contribution in [3.63, 3.8) is 0 Å². The van der Waals surface area contributed by atoms with Gasteiger partial charge in [0.05, 0.1) is 47.3 Å². The van der Waals surface area contributed by atoms with Crippen molar-refractivity contribution >= 4 is 43.6 Å². The van der Waals surface area contributed by atoms with Gasteiger partial charge in [0.15, 0.2) is 0 Å². The number of fused-ring (bicyclic) bond motifs is 6. The first kappa shape index (κ1) is 110. The number of hydrogen-bond acceptors (Lipinski definition) is 6. The molecule has 20 heteroatoms. The van der Waals surface area contributed by atoms with Crippen LogP contribution < -0.4 is 4.74 Å². The number of benzene rings is 15. The Morgan fingerprint density at radius 3 is 1.10 bits per heavy atom. The standard InChI is InChI=1S/2C30H24N3.C26H25N2O.C22H25N2.C18H15F2N2.5Ir/c1-20-17-21(2)29(22(3)18-20)32-16-15-31-30(32)23-9-8-10-24(19-23)33-27-13-6-4-11-25(27)26-12-5-7-14-28(26)33;1-20-17-21(2)29(22(3)18-20)32-16-15-31-30(32)23-13-14-28-26(19-23)25-11-7-8-12-27(25)33(28)24-9-5-4-6-10-24;1-17-7-6-8-18(2)24(17)22-15-19(3)25(20(4)16-22)28-14-13-27-26(28)21-9-11-23(29-5)12-10-21;1-15(2)19-13-17(5)14-20(16(3)4)21(19)24-12-11-23-22(24)18-9-7-6-8-10-18;1-11-8-12(2)17(13(3)9-11)22-7-6-21-18(22)15-5-4-14(19)10-16(15)20;;;;;/h4-8,10-19H,1-3H3;4-12,14-19H,1-3H3;6-9,11-16H,1-5H3;6-9,11-16H,1-5H3;4,6-10H,1-3H3;;;;;/q5*-1;;;;;. The second kappa shape index (κ2) is 48.0. The van der Waals surface area contributed by atoms with Crippen molar-refractivity contribution in [2.75, 3.05) is 7.11 Å². The van der Waals surface area contributed by atoms with E-state index in [-0.39, 0.29) is 106 Å². The Balaban J connectivity index is 0.000000153. The van der Waals surface area contributed by atoms with E-state index in [9.17, 15) is 8.78 Å². The maximum Gasteiger partial charge on any atom is 0.0647 e. The normalized spacial score (nSPS) is 10.9. The van der Waals surface area contributed by atoms with Crippen molar-refractivity contribution in [2.45, 2.75) is 136 Å². The average molecular weight is 2810 g/mol. The predicted octanol–water partition coefficient (Wildman–Crippen LogP) is 31.4. The zero-order valence-corrected chi connectivity index (χ0v) is 97.0. The zero-order chi connectivity index (χ0) is 98.7. The van der Waals surface area contributed by atoms with E-state index in [0.29, 0.717) is 17.7 Å². The molecule has 0 bridgehead atoms. The Morgan fingerprint density at radius 2 is 0.664 bits per heavy atom. The first-order valence-electron chi connectivity index (χ1n) is 47.8. The Kier molecular flexibility index (Phi) is 36.2. The summed E-state index contributed by atoms with van der Waals surface area (Å²) in [5.41, 5.74) is 39.3. The number of halogens is 2. The van der Waals surface area contributed by atoms with Crippen LogP contribution in [0.4, 0.5) is 8.78 Å². The van der Waals surface area contributed by atoms with Crippen molar-refractivity contribution in [1.82, 2.24) is 56.9 Å². The second-order valence-electron chi connectivity index (χ2n) is 37.3. The summed E-state index contributed by atoms with van der Waals surface area (Å²) in [6.07, 6.45) is 19.0. The first-order valence-corrected chi connectivity index (χ1v) is 47.8. The number of imidazole rings is 5. The number of rotatable bonds is 16. The van der Waals surface area contributed by atoms with E-state index in [0.717, 1.165) is 103 Å². The molecule has 0 amide bonds. The molecule has 7 heterocycles. The van der Waals surface area contributed by atoms with Crippen LogP contribution in [-0.4, -0.2) is 64.0 Å². The van der Waals surface area contributed by atoms with Crippen LogP contribution in [0, 0.1) is 139 Å². The molecule has 5 radical (unpaired) electrons. The molecule has 146 heavy (non-hydrogen) atoms. The molecule has 0 saturated carbocycles. The molecule has 22 aromatic rings. The molecular weight excluding hydrogens is 2700 g/mol. The van der Waals surface area contributed by atoms with Crippen LogP contribution in [0.1, 0.15) is 129 Å². The van der Waals surface area contributed by atoms with Crippen LogP contribution in [0.3, 0.4) is 0 Å². The van der Waals surface area contributed by atoms with Crippen LogP contribution in [-0.2, 0) is 101 Å². The zero-order valence-electron chi connectivity index (χ0n) is 85.0. The van der Waals surface area contributed by atoms with Crippen LogP contribution in [0.5, 0.6) is 5.75 Å². The summed E-state index contributed by atoms with van der Waals surface area (Å²) in [5.74, 6) is 4.40. The van der Waals surface area contributed by atoms with Gasteiger partial charge in [0.2, 0.25) is 0 Å². The quantitative estimate of drug-likeness (QED) is 0.0892. The third kappa shape index (κ3) is 22.7. The molecule has 7 aromatic heterocycles. The van der Waals surface area contributed by atoms with E-state index in [1.54, 1.807) is 19.5 Å². The third-order valence-corrected chi connectivity index (χ3v) is 26.1. The molecule has 0 fully saturated rings. The number of aromatic nitrogens is 12. The number of para-hydroxylation sites is 4. The summed E-state index contributed by atoms with van der Waals surface area (Å²) in [6, 6.07) is 108. The van der Waals surface area contributed by atoms with E-state index >= 15 is 0 Å². The number of nitrogens with zero attached hydrogens (tertiary/aromatic N) is 12. The predicted molar refractivity (Wildman–Crippen MR) is 574 cm³/mol. The van der Waals surface area contributed by atoms with Gasteiger partial charge in [-0.1, -0.05) is 206 Å². The summed E-state index contributed by atoms with van der Waals surface area (Å²) >= 11 is 0. The smallest absolute Gasteiger partial charge is 0.0647 e. The Hall–Kier alpha value is -13.1. The van der Waals surface area contributed by atoms with Gasteiger partial charge in [-0.15, -0.1) is 131 Å². The van der Waals surface area contributed by atoms with E-state index < -0.39 is 11.6 Å². The van der Waals surface area contributed by atoms with E-state index in [2.05, 4.69) is 395 Å². The van der Waals surface area contributed by atoms with Crippen molar-refractivity contribution in [3.8, 4) is 114 Å². The van der Waals surface area contributed by atoms with Crippen molar-refractivity contribution in [1.29, 1.82) is 0 Å². The van der Waals surface area contributed by atoms with Crippen molar-refractivity contribution < 1.29 is 114 Å². The van der Waals surface area contributed by atoms with Crippen LogP contribution >= 0.6 is 0 Å². The van der Waals surface area contributed by atoms with Crippen LogP contribution in [0.25, 0.3) is 151 Å². The molecule has 0 atom stereocenters. The average Bonchev–Trinajstić information content (AvgIpc) is 1.58. The van der Waals surface area contributed by atoms with Gasteiger partial charge < -0.3 is 36.7 Å². The van der Waals surface area contributed by atoms with Gasteiger partial charge >= 0.3 is 0 Å². The molecule has 747 valence electrons. The minimum absolute atomic E-state index is 0. The summed E-state index contributed by atoms with van der Waals surface area (Å²) in [7, 11) is 1.66. The number of hydrogen-bond donors (Lipinski definition) is 0. The SMILES string of the molecule is COc1c[c-]c(-c2nccn2-c2c(C)cc(-c3c(C)cccc3C)cc2C)cc1.Cc1cc(C(C)C)c(-n2ccnc2-c2[c-]cccc2)c(C(C)C)c1.Cc1cc(C)c(-n2ccnc2-c2[c-]cc(F)cc2F)c(C)c1.Cc1cc(C)c(-n2ccnc2-c2[c-]cc3c(c2)c2ccccc2n3-c2ccccc2)c(C)c1.Cc1cc(C)c(-n2ccnc2-c2[c-]ccc(-n3c4ccccc4c4ccccc43)c2)c(C)c1.[Ir].[Ir].[Ir].[Ir].[Ir]. The maximum absolute atomic E-state index is 14.1. The number of aryl methyl sites for hydroxylation is 14. The number of ether oxygens (including phenoxy) is 1. The molecule has 15 aromatic carbocycles. The van der Waals surface area contributed by atoms with Crippen molar-refractivity contribution in [3.05, 3.63) is 460 Å². The molecule has 0 N–H and O–H groups in total. The van der Waals surface area contributed by atoms with Gasteiger partial charge in [-0.2, -0.15) is 0 Å².